The van der Waals surface area contributed by atoms with Crippen molar-refractivity contribution >= 4 is 51.8 Å². The van der Waals surface area contributed by atoms with Gasteiger partial charge in [0.05, 0.1) is 4.05 Å². The van der Waals surface area contributed by atoms with Gasteiger partial charge in [0.1, 0.15) is 11.4 Å². The second kappa shape index (κ2) is 8.54. The Labute approximate surface area is 193 Å². The van der Waals surface area contributed by atoms with Crippen molar-refractivity contribution in [3.8, 4) is 0 Å². The Hall–Kier alpha value is -2.53. The third-order valence-electron chi connectivity index (χ3n) is 5.72. The number of amides is 4. The number of hydrogen-bond acceptors (Lipinski definition) is 4. The van der Waals surface area contributed by atoms with Crippen LogP contribution in [-0.4, -0.2) is 38.9 Å². The van der Waals surface area contributed by atoms with Crippen molar-refractivity contribution in [1.82, 2.24) is 10.2 Å². The van der Waals surface area contributed by atoms with Crippen molar-refractivity contribution in [1.29, 1.82) is 0 Å². The van der Waals surface area contributed by atoms with Gasteiger partial charge in [-0.3, -0.25) is 24.7 Å². The van der Waals surface area contributed by atoms with E-state index in [4.69, 9.17) is 0 Å². The van der Waals surface area contributed by atoms with Gasteiger partial charge in [0.15, 0.2) is 0 Å². The molecule has 2 aromatic carbocycles. The molecule has 2 fully saturated rings. The van der Waals surface area contributed by atoms with Crippen LogP contribution < -0.4 is 15.5 Å². The van der Waals surface area contributed by atoms with Gasteiger partial charge in [-0.05, 0) is 42.3 Å². The summed E-state index contributed by atoms with van der Waals surface area (Å²) >= 11 is 2.30. The molecule has 162 valence electrons. The fourth-order valence-corrected chi connectivity index (χ4v) is 5.45. The van der Waals surface area contributed by atoms with E-state index in [-0.39, 0.29) is 15.9 Å². The average Bonchev–Trinajstić information content (AvgIpc) is 2.94. The zero-order valence-electron chi connectivity index (χ0n) is 16.9. The summed E-state index contributed by atoms with van der Waals surface area (Å²) in [5.74, 6) is -0.901. The van der Waals surface area contributed by atoms with Crippen LogP contribution in [0.1, 0.15) is 25.3 Å². The van der Waals surface area contributed by atoms with Crippen LogP contribution in [0.25, 0.3) is 0 Å². The van der Waals surface area contributed by atoms with Crippen LogP contribution in [0.15, 0.2) is 48.5 Å². The monoisotopic (exact) mass is 536 g/mol. The first kappa shape index (κ1) is 21.7. The summed E-state index contributed by atoms with van der Waals surface area (Å²) in [6.07, 6.45) is 0.885. The van der Waals surface area contributed by atoms with Crippen molar-refractivity contribution in [2.45, 2.75) is 35.9 Å². The molecule has 0 bridgehead atoms. The van der Waals surface area contributed by atoms with Crippen molar-refractivity contribution < 1.29 is 18.8 Å². The molecule has 0 unspecified atom stereocenters. The van der Waals surface area contributed by atoms with E-state index < -0.39 is 17.4 Å². The first-order valence-electron chi connectivity index (χ1n) is 9.94. The molecule has 2 aromatic rings. The van der Waals surface area contributed by atoms with Crippen LogP contribution in [0.4, 0.5) is 20.6 Å². The molecule has 2 aliphatic rings. The van der Waals surface area contributed by atoms with Crippen LogP contribution >= 0.6 is 22.6 Å². The number of anilines is 2. The highest BCUT2D eigenvalue weighted by Gasteiger charge is 2.56. The topological polar surface area (TPSA) is 81.8 Å². The van der Waals surface area contributed by atoms with Crippen LogP contribution in [-0.2, 0) is 16.1 Å². The van der Waals surface area contributed by atoms with Crippen molar-refractivity contribution in [2.24, 2.45) is 0 Å². The van der Waals surface area contributed by atoms with E-state index in [0.717, 1.165) is 11.3 Å². The number of benzene rings is 2. The van der Waals surface area contributed by atoms with Gasteiger partial charge in [-0.25, -0.2) is 9.18 Å². The van der Waals surface area contributed by atoms with Gasteiger partial charge in [0.2, 0.25) is 5.91 Å². The van der Waals surface area contributed by atoms with E-state index in [1.807, 2.05) is 24.3 Å². The average molecular weight is 536 g/mol. The van der Waals surface area contributed by atoms with E-state index >= 15 is 0 Å². The Balaban J connectivity index is 1.51. The summed E-state index contributed by atoms with van der Waals surface area (Å²) in [6.45, 7) is 2.75. The largest absolute Gasteiger partial charge is 0.329 e. The Morgan fingerprint density at radius 1 is 1.26 bits per heavy atom. The van der Waals surface area contributed by atoms with Gasteiger partial charge < -0.3 is 5.32 Å². The molecule has 0 aliphatic carbocycles. The van der Waals surface area contributed by atoms with Crippen LogP contribution in [0, 0.1) is 5.82 Å². The Kier molecular flexibility index (Phi) is 5.98. The maximum absolute atomic E-state index is 13.8. The highest BCUT2D eigenvalue weighted by molar-refractivity contribution is 14.1. The Bertz CT molecular complexity index is 1030. The molecule has 0 aromatic heterocycles. The fraction of sp³-hybridized carbons (Fsp3) is 0.318. The lowest BCUT2D eigenvalue weighted by atomic mass is 9.85. The van der Waals surface area contributed by atoms with E-state index in [1.54, 1.807) is 6.07 Å². The van der Waals surface area contributed by atoms with Crippen LogP contribution in [0.5, 0.6) is 0 Å². The third-order valence-corrected chi connectivity index (χ3v) is 6.94. The van der Waals surface area contributed by atoms with Crippen molar-refractivity contribution in [3.63, 3.8) is 0 Å². The van der Waals surface area contributed by atoms with E-state index in [9.17, 15) is 18.8 Å². The summed E-state index contributed by atoms with van der Waals surface area (Å²) in [5, 5.41) is 5.17. The van der Waals surface area contributed by atoms with E-state index in [1.165, 1.54) is 30.0 Å². The van der Waals surface area contributed by atoms with Gasteiger partial charge in [-0.2, -0.15) is 0 Å². The maximum atomic E-state index is 13.8. The second-order valence-electron chi connectivity index (χ2n) is 7.84. The number of nitrogens with one attached hydrogen (secondary N) is 2. The fourth-order valence-electron chi connectivity index (χ4n) is 4.24. The minimum atomic E-state index is -1.03. The minimum absolute atomic E-state index is 0.00548. The predicted octanol–water partition coefficient (Wildman–Crippen LogP) is 3.64. The number of carbonyl (C=O) groups excluding carboxylic acids is 3. The molecule has 0 radical (unpaired) electrons. The molecular formula is C22H22FIN4O3. The number of alkyl halides is 1. The molecule has 4 rings (SSSR count). The molecule has 2 heterocycles. The number of imide groups is 1. The summed E-state index contributed by atoms with van der Waals surface area (Å²) in [6, 6.07) is 12.9. The number of piperidine rings is 1. The molecule has 9 heteroatoms. The van der Waals surface area contributed by atoms with Gasteiger partial charge >= 0.3 is 6.03 Å². The predicted molar refractivity (Wildman–Crippen MR) is 123 cm³/mol. The Morgan fingerprint density at radius 3 is 2.65 bits per heavy atom. The summed E-state index contributed by atoms with van der Waals surface area (Å²) in [4.78, 5) is 40.3. The molecule has 1 spiro atoms. The first-order chi connectivity index (χ1) is 14.8. The standard InChI is InChI=1S/C22H22FIN4O3/c1-14(29)25-17-7-5-15(6-8-17)13-27-10-9-22(12-19(27)24)20(30)26-21(31)28(22)18-4-2-3-16(23)11-18/h2-8,11,19H,9-10,12-13H2,1H3,(H,25,29)(H,26,30,31)/t19-,22-/m1/s1. The highest BCUT2D eigenvalue weighted by Crippen LogP contribution is 2.41. The van der Waals surface area contributed by atoms with Gasteiger partial charge in [-0.15, -0.1) is 0 Å². The van der Waals surface area contributed by atoms with Crippen molar-refractivity contribution in [3.05, 3.63) is 59.9 Å². The number of likely N-dealkylation sites (tertiary alicyclic amines) is 1. The van der Waals surface area contributed by atoms with Gasteiger partial charge in [-0.1, -0.05) is 40.8 Å². The number of rotatable bonds is 4. The van der Waals surface area contributed by atoms with Gasteiger partial charge in [0.25, 0.3) is 5.91 Å². The normalized spacial score (nSPS) is 23.8. The number of carbonyl (C=O) groups is 3. The highest BCUT2D eigenvalue weighted by atomic mass is 127. The number of nitrogens with zero attached hydrogens (tertiary/aromatic N) is 2. The first-order valence-corrected chi connectivity index (χ1v) is 11.2. The molecule has 4 amide bonds. The van der Waals surface area contributed by atoms with E-state index in [0.29, 0.717) is 31.6 Å². The SMILES string of the molecule is CC(=O)Nc1ccc(CN2CC[C@@]3(C[C@@H]2I)C(=O)NC(=O)N3c2cccc(F)c2)cc1. The molecule has 2 atom stereocenters. The lowest BCUT2D eigenvalue weighted by Gasteiger charge is -2.45. The lowest BCUT2D eigenvalue weighted by molar-refractivity contribution is -0.125. The van der Waals surface area contributed by atoms with Crippen LogP contribution in [0.3, 0.4) is 0 Å². The summed E-state index contributed by atoms with van der Waals surface area (Å²) in [7, 11) is 0. The number of urea groups is 1. The second-order valence-corrected chi connectivity index (χ2v) is 9.28. The number of hydrogen-bond donors (Lipinski definition) is 2. The Morgan fingerprint density at radius 2 is 2.00 bits per heavy atom. The molecule has 0 saturated carbocycles. The third kappa shape index (κ3) is 4.29. The van der Waals surface area contributed by atoms with Gasteiger partial charge in [0, 0.05) is 37.8 Å². The molecular weight excluding hydrogens is 514 g/mol. The molecule has 2 saturated heterocycles. The zero-order chi connectivity index (χ0) is 22.2. The maximum Gasteiger partial charge on any atom is 0.329 e. The van der Waals surface area contributed by atoms with Crippen molar-refractivity contribution in [2.75, 3.05) is 16.8 Å². The minimum Gasteiger partial charge on any atom is -0.326 e. The quantitative estimate of drug-likeness (QED) is 0.271. The van der Waals surface area contributed by atoms with E-state index in [2.05, 4.69) is 38.1 Å². The lowest BCUT2D eigenvalue weighted by Crippen LogP contribution is -2.58. The number of halogens is 2. The molecule has 2 N–H and O–H groups in total. The molecule has 2 aliphatic heterocycles. The molecule has 31 heavy (non-hydrogen) atoms. The summed E-state index contributed by atoms with van der Waals surface area (Å²) < 4.78 is 13.8. The smallest absolute Gasteiger partial charge is 0.326 e. The van der Waals surface area contributed by atoms with Crippen LogP contribution in [0.2, 0.25) is 0 Å². The summed E-state index contributed by atoms with van der Waals surface area (Å²) in [5.41, 5.74) is 1.18. The molecule has 7 nitrogen and oxygen atoms in total. The zero-order valence-corrected chi connectivity index (χ0v) is 19.1.